The van der Waals surface area contributed by atoms with Crippen molar-refractivity contribution >= 4 is 16.1 Å². The number of hydrogen-bond donors (Lipinski definition) is 3. The molecule has 0 radical (unpaired) electrons. The number of nitrogens with two attached hydrogens (primary N) is 1. The van der Waals surface area contributed by atoms with Crippen molar-refractivity contribution in [2.45, 2.75) is 13.3 Å². The van der Waals surface area contributed by atoms with Gasteiger partial charge in [-0.1, -0.05) is 6.92 Å². The highest BCUT2D eigenvalue weighted by Crippen LogP contribution is 2.14. The van der Waals surface area contributed by atoms with Gasteiger partial charge in [0.15, 0.2) is 5.69 Å². The number of H-pyrrole nitrogens is 1. The Morgan fingerprint density at radius 2 is 2.20 bits per heavy atom. The highest BCUT2D eigenvalue weighted by molar-refractivity contribution is 7.81. The normalized spacial score (nSPS) is 11.3. The van der Waals surface area contributed by atoms with Gasteiger partial charge in [0, 0.05) is 6.42 Å². The summed E-state index contributed by atoms with van der Waals surface area (Å²) in [5.74, 6) is -0.425. The Labute approximate surface area is 85.1 Å². The number of nitrogens with zero attached hydrogens (tertiary/aromatic N) is 1. The topological polar surface area (TPSA) is 135 Å². The lowest BCUT2D eigenvalue weighted by Crippen LogP contribution is -2.19. The van der Waals surface area contributed by atoms with E-state index in [9.17, 15) is 13.2 Å². The molecule has 84 valence electrons. The maximum atomic E-state index is 11.1. The lowest BCUT2D eigenvalue weighted by atomic mass is 10.4. The number of anilines is 1. The molecule has 1 aromatic heterocycles. The number of rotatable bonds is 3. The van der Waals surface area contributed by atoms with E-state index in [1.807, 2.05) is 0 Å². The van der Waals surface area contributed by atoms with E-state index < -0.39 is 27.5 Å². The van der Waals surface area contributed by atoms with Crippen molar-refractivity contribution in [3.8, 4) is 5.88 Å². The van der Waals surface area contributed by atoms with Gasteiger partial charge in [-0.3, -0.25) is 9.35 Å². The first-order valence-electron chi connectivity index (χ1n) is 3.89. The molecule has 0 aromatic carbocycles. The molecular weight excluding hydrogens is 226 g/mol. The molecule has 0 fully saturated rings. The van der Waals surface area contributed by atoms with Crippen molar-refractivity contribution in [3.63, 3.8) is 0 Å². The van der Waals surface area contributed by atoms with E-state index in [4.69, 9.17) is 10.3 Å². The maximum Gasteiger partial charge on any atom is 0.448 e. The van der Waals surface area contributed by atoms with Crippen molar-refractivity contribution in [1.82, 2.24) is 9.97 Å². The molecule has 0 aliphatic heterocycles. The monoisotopic (exact) mass is 235 g/mol. The molecule has 0 aliphatic rings. The molecule has 8 nitrogen and oxygen atoms in total. The second-order valence-corrected chi connectivity index (χ2v) is 3.62. The summed E-state index contributed by atoms with van der Waals surface area (Å²) in [5, 5.41) is 0. The first-order chi connectivity index (χ1) is 6.83. The van der Waals surface area contributed by atoms with E-state index >= 15 is 0 Å². The van der Waals surface area contributed by atoms with Crippen LogP contribution in [-0.4, -0.2) is 22.9 Å². The number of nitrogens with one attached hydrogen (secondary N) is 1. The predicted molar refractivity (Wildman–Crippen MR) is 50.8 cm³/mol. The molecule has 15 heavy (non-hydrogen) atoms. The van der Waals surface area contributed by atoms with Crippen LogP contribution in [0.15, 0.2) is 4.79 Å². The molecule has 4 N–H and O–H groups in total. The summed E-state index contributed by atoms with van der Waals surface area (Å²) in [6, 6.07) is 0. The van der Waals surface area contributed by atoms with Crippen LogP contribution in [0.2, 0.25) is 0 Å². The van der Waals surface area contributed by atoms with Crippen LogP contribution in [0.25, 0.3) is 0 Å². The maximum absolute atomic E-state index is 11.1. The summed E-state index contributed by atoms with van der Waals surface area (Å²) in [4.78, 5) is 17.0. The Hall–Kier alpha value is -1.61. The Morgan fingerprint density at radius 1 is 1.60 bits per heavy atom. The van der Waals surface area contributed by atoms with Crippen LogP contribution < -0.4 is 15.5 Å². The zero-order valence-corrected chi connectivity index (χ0v) is 8.54. The van der Waals surface area contributed by atoms with Gasteiger partial charge in [0.2, 0.25) is 0 Å². The third-order valence-electron chi connectivity index (χ3n) is 1.49. The average molecular weight is 235 g/mol. The van der Waals surface area contributed by atoms with E-state index in [1.165, 1.54) is 0 Å². The van der Waals surface area contributed by atoms with Gasteiger partial charge in [-0.15, -0.1) is 0 Å². The standard InChI is InChI=1S/C6H9N3O5S/c1-2-3-8-5(10)4(7)6(9-3)14-15(11,12)13/h2,7H2,1H3,(H,8,9,10)(H,11,12,13). The molecule has 0 atom stereocenters. The molecule has 0 amide bonds. The van der Waals surface area contributed by atoms with Gasteiger partial charge in [0.1, 0.15) is 5.82 Å². The molecule has 0 saturated heterocycles. The summed E-state index contributed by atoms with van der Waals surface area (Å²) in [7, 11) is -4.74. The molecular formula is C6H9N3O5S. The van der Waals surface area contributed by atoms with E-state index in [-0.39, 0.29) is 5.82 Å². The van der Waals surface area contributed by atoms with E-state index in [0.717, 1.165) is 0 Å². The van der Waals surface area contributed by atoms with Crippen molar-refractivity contribution in [2.75, 3.05) is 5.73 Å². The summed E-state index contributed by atoms with van der Waals surface area (Å²) in [5.41, 5.74) is 3.98. The fraction of sp³-hybridized carbons (Fsp3) is 0.333. The van der Waals surface area contributed by atoms with Crippen molar-refractivity contribution in [1.29, 1.82) is 0 Å². The van der Waals surface area contributed by atoms with Crippen LogP contribution in [0.4, 0.5) is 5.69 Å². The zero-order chi connectivity index (χ0) is 11.6. The van der Waals surface area contributed by atoms with Gasteiger partial charge in [0.05, 0.1) is 0 Å². The minimum absolute atomic E-state index is 0.202. The highest BCUT2D eigenvalue weighted by atomic mass is 32.3. The molecule has 1 rings (SSSR count). The third-order valence-corrected chi connectivity index (χ3v) is 1.86. The van der Waals surface area contributed by atoms with Crippen LogP contribution in [0.5, 0.6) is 5.88 Å². The quantitative estimate of drug-likeness (QED) is 0.577. The van der Waals surface area contributed by atoms with E-state index in [0.29, 0.717) is 6.42 Å². The number of nitrogen functional groups attached to an aromatic ring is 1. The summed E-state index contributed by atoms with van der Waals surface area (Å²) in [6.07, 6.45) is 0.358. The largest absolute Gasteiger partial charge is 0.448 e. The zero-order valence-electron chi connectivity index (χ0n) is 7.72. The SMILES string of the molecule is CCc1nc(OS(=O)(=O)O)c(N)c(=O)[nH]1. The van der Waals surface area contributed by atoms with Crippen LogP contribution in [0.1, 0.15) is 12.7 Å². The van der Waals surface area contributed by atoms with Crippen molar-refractivity contribution < 1.29 is 17.2 Å². The fourth-order valence-electron chi connectivity index (χ4n) is 0.837. The summed E-state index contributed by atoms with van der Waals surface area (Å²) in [6.45, 7) is 1.69. The van der Waals surface area contributed by atoms with Gasteiger partial charge >= 0.3 is 10.4 Å². The average Bonchev–Trinajstić information content (AvgIpc) is 2.10. The molecule has 9 heteroatoms. The Kier molecular flexibility index (Phi) is 2.95. The van der Waals surface area contributed by atoms with Crippen LogP contribution in [0, 0.1) is 0 Å². The Bertz CT molecular complexity index is 520. The minimum Gasteiger partial charge on any atom is -0.390 e. The lowest BCUT2D eigenvalue weighted by Gasteiger charge is -2.04. The first-order valence-corrected chi connectivity index (χ1v) is 5.25. The molecule has 0 saturated carbocycles. The minimum atomic E-state index is -4.74. The second kappa shape index (κ2) is 3.87. The van der Waals surface area contributed by atoms with Crippen molar-refractivity contribution in [2.24, 2.45) is 0 Å². The van der Waals surface area contributed by atoms with Gasteiger partial charge in [-0.25, -0.2) is 0 Å². The third kappa shape index (κ3) is 2.92. The molecule has 1 aromatic rings. The Morgan fingerprint density at radius 3 is 2.67 bits per heavy atom. The number of hydrogen-bond acceptors (Lipinski definition) is 6. The molecule has 1 heterocycles. The van der Waals surface area contributed by atoms with Gasteiger partial charge < -0.3 is 14.9 Å². The first kappa shape index (κ1) is 11.5. The Balaban J connectivity index is 3.29. The number of aromatic amines is 1. The number of aryl methyl sites for hydroxylation is 1. The van der Waals surface area contributed by atoms with Gasteiger partial charge in [-0.2, -0.15) is 13.4 Å². The predicted octanol–water partition coefficient (Wildman–Crippen LogP) is -0.904. The van der Waals surface area contributed by atoms with E-state index in [1.54, 1.807) is 6.92 Å². The van der Waals surface area contributed by atoms with Crippen LogP contribution in [0.3, 0.4) is 0 Å². The molecule has 0 aliphatic carbocycles. The molecule has 0 unspecified atom stereocenters. The summed E-state index contributed by atoms with van der Waals surface area (Å²) < 4.78 is 33.2. The highest BCUT2D eigenvalue weighted by Gasteiger charge is 2.15. The van der Waals surface area contributed by atoms with Crippen LogP contribution >= 0.6 is 0 Å². The molecule has 0 spiro atoms. The molecule has 0 bridgehead atoms. The van der Waals surface area contributed by atoms with Gasteiger partial charge in [-0.05, 0) is 0 Å². The van der Waals surface area contributed by atoms with Gasteiger partial charge in [0.25, 0.3) is 11.4 Å². The number of aromatic nitrogens is 2. The second-order valence-electron chi connectivity index (χ2n) is 2.60. The summed E-state index contributed by atoms with van der Waals surface area (Å²) >= 11 is 0. The van der Waals surface area contributed by atoms with E-state index in [2.05, 4.69) is 14.2 Å². The van der Waals surface area contributed by atoms with Crippen LogP contribution in [-0.2, 0) is 16.8 Å². The van der Waals surface area contributed by atoms with Crippen molar-refractivity contribution in [3.05, 3.63) is 16.2 Å². The smallest absolute Gasteiger partial charge is 0.390 e. The lowest BCUT2D eigenvalue weighted by molar-refractivity contribution is 0.380. The fourth-order valence-corrected chi connectivity index (χ4v) is 1.16.